The van der Waals surface area contributed by atoms with E-state index in [1.54, 1.807) is 11.0 Å². The number of nitrogens with zero attached hydrogens (tertiary/aromatic N) is 1. The van der Waals surface area contributed by atoms with Crippen LogP contribution < -0.4 is 10.3 Å². The molecule has 4 nitrogen and oxygen atoms in total. The molecule has 1 amide bonds. The van der Waals surface area contributed by atoms with Crippen molar-refractivity contribution in [3.05, 3.63) is 99.5 Å². The van der Waals surface area contributed by atoms with Crippen LogP contribution in [0.15, 0.2) is 71.5 Å². The van der Waals surface area contributed by atoms with E-state index in [0.29, 0.717) is 13.0 Å². The number of aromatic nitrogens is 1. The molecule has 4 heteroatoms. The second-order valence-electron chi connectivity index (χ2n) is 7.18. The van der Waals surface area contributed by atoms with Crippen molar-refractivity contribution in [2.24, 2.45) is 0 Å². The molecule has 3 rings (SSSR count). The highest BCUT2D eigenvalue weighted by Gasteiger charge is 2.24. The van der Waals surface area contributed by atoms with Gasteiger partial charge in [0.25, 0.3) is 5.91 Å². The molecule has 1 N–H and O–H groups in total. The van der Waals surface area contributed by atoms with E-state index in [4.69, 9.17) is 0 Å². The zero-order chi connectivity index (χ0) is 20.6. The number of amides is 1. The molecule has 3 aromatic rings. The molecule has 0 aliphatic heterocycles. The predicted octanol–water partition coefficient (Wildman–Crippen LogP) is 5.13. The number of pyridine rings is 1. The minimum absolute atomic E-state index is 0.203. The van der Waals surface area contributed by atoms with Gasteiger partial charge in [0.15, 0.2) is 5.43 Å². The van der Waals surface area contributed by atoms with Gasteiger partial charge in [0.1, 0.15) is 5.56 Å². The molecule has 0 bridgehead atoms. The first-order valence-electron chi connectivity index (χ1n) is 10.3. The molecule has 0 radical (unpaired) electrons. The number of H-pyrrole nitrogens is 1. The van der Waals surface area contributed by atoms with Crippen LogP contribution in [0.5, 0.6) is 0 Å². The van der Waals surface area contributed by atoms with Gasteiger partial charge >= 0.3 is 0 Å². The average Bonchev–Trinajstić information content (AvgIpc) is 2.76. The summed E-state index contributed by atoms with van der Waals surface area (Å²) in [6, 6.07) is 21.0. The van der Waals surface area contributed by atoms with Gasteiger partial charge in [-0.15, -0.1) is 0 Å². The summed E-state index contributed by atoms with van der Waals surface area (Å²) in [5, 5.41) is 0. The summed E-state index contributed by atoms with van der Waals surface area (Å²) in [4.78, 5) is 31.6. The van der Waals surface area contributed by atoms with Crippen molar-refractivity contribution in [2.75, 3.05) is 4.90 Å². The Bertz CT molecular complexity index is 994. The number of benzene rings is 2. The number of aryl methyl sites for hydroxylation is 2. The Morgan fingerprint density at radius 2 is 1.62 bits per heavy atom. The van der Waals surface area contributed by atoms with Crippen LogP contribution in [0.3, 0.4) is 0 Å². The summed E-state index contributed by atoms with van der Waals surface area (Å²) in [6.45, 7) is 4.52. The highest BCUT2D eigenvalue weighted by molar-refractivity contribution is 6.06. The number of carbonyl (C=O) groups excluding carboxylic acids is 1. The van der Waals surface area contributed by atoms with Crippen LogP contribution in [0.2, 0.25) is 0 Å². The van der Waals surface area contributed by atoms with E-state index in [-0.39, 0.29) is 16.9 Å². The molecule has 0 saturated heterocycles. The van der Waals surface area contributed by atoms with E-state index in [1.807, 2.05) is 67.6 Å². The molecule has 29 heavy (non-hydrogen) atoms. The summed E-state index contributed by atoms with van der Waals surface area (Å²) in [6.07, 6.45) is 3.34. The number of rotatable bonds is 8. The number of anilines is 1. The highest BCUT2D eigenvalue weighted by Crippen LogP contribution is 2.21. The molecule has 0 fully saturated rings. The normalized spacial score (nSPS) is 10.7. The van der Waals surface area contributed by atoms with E-state index >= 15 is 0 Å². The van der Waals surface area contributed by atoms with Gasteiger partial charge in [0.2, 0.25) is 0 Å². The fourth-order valence-corrected chi connectivity index (χ4v) is 3.43. The lowest BCUT2D eigenvalue weighted by Gasteiger charge is -2.24. The number of unbranched alkanes of at least 4 members (excludes halogenated alkanes) is 1. The molecule has 0 aliphatic rings. The lowest BCUT2D eigenvalue weighted by molar-refractivity contribution is 0.0982. The predicted molar refractivity (Wildman–Crippen MR) is 118 cm³/mol. The van der Waals surface area contributed by atoms with Crippen molar-refractivity contribution in [3.63, 3.8) is 0 Å². The SMILES string of the molecule is CCCCc1[nH]c(CC)cc(=O)c1C(=O)N(Cc1ccccc1)c1ccccc1. The number of para-hydroxylation sites is 1. The topological polar surface area (TPSA) is 53.2 Å². The van der Waals surface area contributed by atoms with E-state index in [0.717, 1.165) is 41.9 Å². The Labute approximate surface area is 172 Å². The molecule has 0 saturated carbocycles. The molecule has 0 spiro atoms. The van der Waals surface area contributed by atoms with Crippen LogP contribution in [-0.2, 0) is 19.4 Å². The van der Waals surface area contributed by atoms with Crippen molar-refractivity contribution in [2.45, 2.75) is 46.1 Å². The maximum atomic E-state index is 13.7. The molecule has 150 valence electrons. The minimum Gasteiger partial charge on any atom is -0.361 e. The summed E-state index contributed by atoms with van der Waals surface area (Å²) in [5.74, 6) is -0.255. The molecule has 0 unspecified atom stereocenters. The summed E-state index contributed by atoms with van der Waals surface area (Å²) in [7, 11) is 0. The number of carbonyl (C=O) groups is 1. The molecule has 1 aromatic heterocycles. The maximum absolute atomic E-state index is 13.7. The molecule has 0 atom stereocenters. The zero-order valence-electron chi connectivity index (χ0n) is 17.2. The van der Waals surface area contributed by atoms with Crippen molar-refractivity contribution in [1.82, 2.24) is 4.98 Å². The Hall–Kier alpha value is -3.14. The smallest absolute Gasteiger partial charge is 0.264 e. The van der Waals surface area contributed by atoms with Gasteiger partial charge in [0.05, 0.1) is 6.54 Å². The molecular weight excluding hydrogens is 360 g/mol. The van der Waals surface area contributed by atoms with Gasteiger partial charge in [-0.1, -0.05) is 68.8 Å². The second-order valence-corrected chi connectivity index (χ2v) is 7.18. The number of hydrogen-bond acceptors (Lipinski definition) is 2. The van der Waals surface area contributed by atoms with Crippen LogP contribution in [0.1, 0.15) is 54.0 Å². The standard InChI is InChI=1S/C25H28N2O2/c1-3-5-16-22-24(23(28)17-20(4-2)26-22)25(29)27(21-14-10-7-11-15-21)18-19-12-8-6-9-13-19/h6-15,17H,3-5,16,18H2,1-2H3,(H,26,28). The Kier molecular flexibility index (Phi) is 7.01. The van der Waals surface area contributed by atoms with E-state index in [1.165, 1.54) is 0 Å². The van der Waals surface area contributed by atoms with E-state index in [9.17, 15) is 9.59 Å². The van der Waals surface area contributed by atoms with Gasteiger partial charge in [-0.3, -0.25) is 9.59 Å². The van der Waals surface area contributed by atoms with Crippen molar-refractivity contribution in [1.29, 1.82) is 0 Å². The van der Waals surface area contributed by atoms with Crippen LogP contribution in [0.25, 0.3) is 0 Å². The summed E-state index contributed by atoms with van der Waals surface area (Å²) in [5.41, 5.74) is 3.46. The van der Waals surface area contributed by atoms with Crippen LogP contribution in [0.4, 0.5) is 5.69 Å². The van der Waals surface area contributed by atoms with E-state index in [2.05, 4.69) is 11.9 Å². The van der Waals surface area contributed by atoms with Crippen LogP contribution in [0, 0.1) is 0 Å². The van der Waals surface area contributed by atoms with Gasteiger partial charge in [-0.05, 0) is 37.0 Å². The van der Waals surface area contributed by atoms with Crippen molar-refractivity contribution < 1.29 is 4.79 Å². The first-order chi connectivity index (χ1) is 14.1. The maximum Gasteiger partial charge on any atom is 0.264 e. The third-order valence-corrected chi connectivity index (χ3v) is 5.04. The third-order valence-electron chi connectivity index (χ3n) is 5.04. The average molecular weight is 389 g/mol. The summed E-state index contributed by atoms with van der Waals surface area (Å²) < 4.78 is 0. The van der Waals surface area contributed by atoms with Gasteiger partial charge in [-0.25, -0.2) is 0 Å². The number of aromatic amines is 1. The quantitative estimate of drug-likeness (QED) is 0.582. The van der Waals surface area contributed by atoms with E-state index < -0.39 is 0 Å². The molecule has 0 aliphatic carbocycles. The van der Waals surface area contributed by atoms with Gasteiger partial charge < -0.3 is 9.88 Å². The first-order valence-corrected chi connectivity index (χ1v) is 10.3. The summed E-state index contributed by atoms with van der Waals surface area (Å²) >= 11 is 0. The Morgan fingerprint density at radius 3 is 2.24 bits per heavy atom. The van der Waals surface area contributed by atoms with Crippen LogP contribution >= 0.6 is 0 Å². The molecule has 2 aromatic carbocycles. The third kappa shape index (κ3) is 5.02. The largest absolute Gasteiger partial charge is 0.361 e. The van der Waals surface area contributed by atoms with Gasteiger partial charge in [0, 0.05) is 23.1 Å². The Morgan fingerprint density at radius 1 is 0.966 bits per heavy atom. The minimum atomic E-state index is -0.255. The lowest BCUT2D eigenvalue weighted by Crippen LogP contribution is -2.35. The number of nitrogens with one attached hydrogen (secondary N) is 1. The van der Waals surface area contributed by atoms with Gasteiger partial charge in [-0.2, -0.15) is 0 Å². The fraction of sp³-hybridized carbons (Fsp3) is 0.280. The fourth-order valence-electron chi connectivity index (χ4n) is 3.43. The van der Waals surface area contributed by atoms with Crippen LogP contribution in [-0.4, -0.2) is 10.9 Å². The lowest BCUT2D eigenvalue weighted by atomic mass is 10.0. The second kappa shape index (κ2) is 9.87. The van der Waals surface area contributed by atoms with Crippen molar-refractivity contribution in [3.8, 4) is 0 Å². The zero-order valence-corrected chi connectivity index (χ0v) is 17.2. The molecular formula is C25H28N2O2. The van der Waals surface area contributed by atoms with Crippen molar-refractivity contribution >= 4 is 11.6 Å². The Balaban J connectivity index is 2.07. The molecule has 1 heterocycles. The highest BCUT2D eigenvalue weighted by atomic mass is 16.2. The first kappa shape index (κ1) is 20.6. The monoisotopic (exact) mass is 388 g/mol. The number of hydrogen-bond donors (Lipinski definition) is 1.